The summed E-state index contributed by atoms with van der Waals surface area (Å²) >= 11 is 0. The van der Waals surface area contributed by atoms with Gasteiger partial charge in [-0.1, -0.05) is 13.8 Å². The largest absolute Gasteiger partial charge is 0.399 e. The molecule has 2 N–H and O–H groups in total. The fraction of sp³-hybridized carbons (Fsp3) is 0.385. The van der Waals surface area contributed by atoms with Crippen molar-refractivity contribution in [2.75, 3.05) is 5.73 Å². The Labute approximate surface area is 106 Å². The SMILES string of the molecule is CCc1nc(CC)n(Cc2cc(N)cc(F)c2)n1. The van der Waals surface area contributed by atoms with Gasteiger partial charge in [0.15, 0.2) is 5.82 Å². The molecule has 5 heteroatoms. The molecule has 0 aliphatic rings. The monoisotopic (exact) mass is 248 g/mol. The highest BCUT2D eigenvalue weighted by molar-refractivity contribution is 5.41. The molecule has 1 aromatic heterocycles. The van der Waals surface area contributed by atoms with E-state index in [-0.39, 0.29) is 5.82 Å². The second-order valence-corrected chi connectivity index (χ2v) is 4.20. The number of benzene rings is 1. The van der Waals surface area contributed by atoms with Gasteiger partial charge in [0.2, 0.25) is 0 Å². The lowest BCUT2D eigenvalue weighted by molar-refractivity contribution is 0.611. The van der Waals surface area contributed by atoms with Crippen molar-refractivity contribution >= 4 is 5.69 Å². The van der Waals surface area contributed by atoms with E-state index in [9.17, 15) is 4.39 Å². The first kappa shape index (κ1) is 12.5. The van der Waals surface area contributed by atoms with Gasteiger partial charge in [0, 0.05) is 18.5 Å². The molecule has 0 aliphatic carbocycles. The van der Waals surface area contributed by atoms with Crippen LogP contribution in [0.25, 0.3) is 0 Å². The number of nitrogens with two attached hydrogens (primary N) is 1. The molecular formula is C13H17FN4. The number of halogens is 1. The van der Waals surface area contributed by atoms with Gasteiger partial charge in [0.25, 0.3) is 0 Å². The summed E-state index contributed by atoms with van der Waals surface area (Å²) in [4.78, 5) is 4.42. The van der Waals surface area contributed by atoms with Crippen LogP contribution in [0.15, 0.2) is 18.2 Å². The minimum Gasteiger partial charge on any atom is -0.399 e. The van der Waals surface area contributed by atoms with Crippen LogP contribution in [0.2, 0.25) is 0 Å². The van der Waals surface area contributed by atoms with Crippen molar-refractivity contribution in [2.45, 2.75) is 33.2 Å². The average Bonchev–Trinajstić information content (AvgIpc) is 2.70. The highest BCUT2D eigenvalue weighted by Gasteiger charge is 2.08. The third kappa shape index (κ3) is 2.67. The molecular weight excluding hydrogens is 231 g/mol. The number of nitrogens with zero attached hydrogens (tertiary/aromatic N) is 3. The number of nitrogen functional groups attached to an aromatic ring is 1. The molecule has 2 aromatic rings. The van der Waals surface area contributed by atoms with E-state index in [4.69, 9.17) is 5.73 Å². The highest BCUT2D eigenvalue weighted by atomic mass is 19.1. The van der Waals surface area contributed by atoms with Crippen LogP contribution < -0.4 is 5.73 Å². The number of rotatable bonds is 4. The molecule has 0 atom stereocenters. The lowest BCUT2D eigenvalue weighted by atomic mass is 10.2. The summed E-state index contributed by atoms with van der Waals surface area (Å²) in [6.07, 6.45) is 1.60. The van der Waals surface area contributed by atoms with E-state index in [1.54, 1.807) is 6.07 Å². The van der Waals surface area contributed by atoms with Gasteiger partial charge in [0.1, 0.15) is 11.6 Å². The van der Waals surface area contributed by atoms with Gasteiger partial charge >= 0.3 is 0 Å². The summed E-state index contributed by atoms with van der Waals surface area (Å²) in [6, 6.07) is 4.54. The van der Waals surface area contributed by atoms with Crippen molar-refractivity contribution < 1.29 is 4.39 Å². The molecule has 96 valence electrons. The maximum atomic E-state index is 13.3. The van der Waals surface area contributed by atoms with E-state index in [1.165, 1.54) is 12.1 Å². The first-order valence-corrected chi connectivity index (χ1v) is 6.10. The fourth-order valence-corrected chi connectivity index (χ4v) is 1.90. The summed E-state index contributed by atoms with van der Waals surface area (Å²) in [7, 11) is 0. The molecule has 0 unspecified atom stereocenters. The zero-order chi connectivity index (χ0) is 13.1. The smallest absolute Gasteiger partial charge is 0.150 e. The fourth-order valence-electron chi connectivity index (χ4n) is 1.90. The zero-order valence-electron chi connectivity index (χ0n) is 10.7. The Hall–Kier alpha value is -1.91. The first-order valence-electron chi connectivity index (χ1n) is 6.10. The molecule has 0 radical (unpaired) electrons. The Bertz CT molecular complexity index is 528. The van der Waals surface area contributed by atoms with Crippen LogP contribution in [0, 0.1) is 5.82 Å². The Balaban J connectivity index is 2.29. The molecule has 2 rings (SSSR count). The van der Waals surface area contributed by atoms with Crippen LogP contribution in [0.3, 0.4) is 0 Å². The molecule has 0 saturated carbocycles. The van der Waals surface area contributed by atoms with E-state index < -0.39 is 0 Å². The zero-order valence-corrected chi connectivity index (χ0v) is 10.7. The normalized spacial score (nSPS) is 10.8. The average molecular weight is 248 g/mol. The molecule has 1 aromatic carbocycles. The maximum absolute atomic E-state index is 13.3. The van der Waals surface area contributed by atoms with Gasteiger partial charge in [0.05, 0.1) is 6.54 Å². The minimum absolute atomic E-state index is 0.320. The molecule has 0 fully saturated rings. The molecule has 0 saturated heterocycles. The number of aromatic nitrogens is 3. The van der Waals surface area contributed by atoms with E-state index in [0.29, 0.717) is 12.2 Å². The number of hydrogen-bond acceptors (Lipinski definition) is 3. The van der Waals surface area contributed by atoms with Crippen molar-refractivity contribution in [2.24, 2.45) is 0 Å². The van der Waals surface area contributed by atoms with Crippen molar-refractivity contribution in [3.8, 4) is 0 Å². The topological polar surface area (TPSA) is 56.7 Å². The van der Waals surface area contributed by atoms with Crippen LogP contribution in [-0.2, 0) is 19.4 Å². The molecule has 0 aliphatic heterocycles. The Morgan fingerprint density at radius 1 is 1.22 bits per heavy atom. The first-order chi connectivity index (χ1) is 8.62. The molecule has 0 amide bonds. The standard InChI is InChI=1S/C13H17FN4/c1-3-12-16-13(4-2)18(17-12)8-9-5-10(14)7-11(15)6-9/h5-7H,3-4,8,15H2,1-2H3. The van der Waals surface area contributed by atoms with E-state index in [1.807, 2.05) is 18.5 Å². The number of aryl methyl sites for hydroxylation is 2. The Morgan fingerprint density at radius 3 is 2.61 bits per heavy atom. The lowest BCUT2D eigenvalue weighted by Gasteiger charge is -2.06. The second kappa shape index (κ2) is 5.16. The van der Waals surface area contributed by atoms with Gasteiger partial charge in [-0.25, -0.2) is 14.1 Å². The third-order valence-corrected chi connectivity index (χ3v) is 2.74. The summed E-state index contributed by atoms with van der Waals surface area (Å²) in [5.74, 6) is 1.41. The van der Waals surface area contributed by atoms with Gasteiger partial charge in [-0.15, -0.1) is 0 Å². The van der Waals surface area contributed by atoms with Crippen molar-refractivity contribution in [1.29, 1.82) is 0 Å². The summed E-state index contributed by atoms with van der Waals surface area (Å²) in [6.45, 7) is 4.54. The Kier molecular flexibility index (Phi) is 3.60. The predicted molar refractivity (Wildman–Crippen MR) is 68.7 cm³/mol. The van der Waals surface area contributed by atoms with Crippen LogP contribution >= 0.6 is 0 Å². The number of hydrogen-bond donors (Lipinski definition) is 1. The highest BCUT2D eigenvalue weighted by Crippen LogP contribution is 2.13. The van der Waals surface area contributed by atoms with E-state index in [2.05, 4.69) is 10.1 Å². The Morgan fingerprint density at radius 2 is 2.00 bits per heavy atom. The van der Waals surface area contributed by atoms with Gasteiger partial charge in [-0.3, -0.25) is 0 Å². The van der Waals surface area contributed by atoms with Crippen LogP contribution in [0.5, 0.6) is 0 Å². The molecule has 0 bridgehead atoms. The third-order valence-electron chi connectivity index (χ3n) is 2.74. The number of anilines is 1. The molecule has 4 nitrogen and oxygen atoms in total. The maximum Gasteiger partial charge on any atom is 0.150 e. The summed E-state index contributed by atoms with van der Waals surface area (Å²) in [5, 5.41) is 4.40. The van der Waals surface area contributed by atoms with Gasteiger partial charge < -0.3 is 5.73 Å². The van der Waals surface area contributed by atoms with Crippen molar-refractivity contribution in [1.82, 2.24) is 14.8 Å². The minimum atomic E-state index is -0.320. The molecule has 0 spiro atoms. The quantitative estimate of drug-likeness (QED) is 0.844. The van der Waals surface area contributed by atoms with Crippen LogP contribution in [0.1, 0.15) is 31.1 Å². The van der Waals surface area contributed by atoms with Crippen LogP contribution in [-0.4, -0.2) is 14.8 Å². The van der Waals surface area contributed by atoms with Crippen molar-refractivity contribution in [3.05, 3.63) is 41.2 Å². The summed E-state index contributed by atoms with van der Waals surface area (Å²) < 4.78 is 15.1. The van der Waals surface area contributed by atoms with E-state index in [0.717, 1.165) is 30.1 Å². The van der Waals surface area contributed by atoms with Gasteiger partial charge in [-0.2, -0.15) is 5.10 Å². The molecule has 1 heterocycles. The summed E-state index contributed by atoms with van der Waals surface area (Å²) in [5.41, 5.74) is 6.86. The van der Waals surface area contributed by atoms with Gasteiger partial charge in [-0.05, 0) is 23.8 Å². The lowest BCUT2D eigenvalue weighted by Crippen LogP contribution is -2.07. The predicted octanol–water partition coefficient (Wildman–Crippen LogP) is 2.17. The van der Waals surface area contributed by atoms with Crippen molar-refractivity contribution in [3.63, 3.8) is 0 Å². The van der Waals surface area contributed by atoms with Crippen LogP contribution in [0.4, 0.5) is 10.1 Å². The van der Waals surface area contributed by atoms with E-state index >= 15 is 0 Å². The second-order valence-electron chi connectivity index (χ2n) is 4.20. The molecule has 18 heavy (non-hydrogen) atoms.